The van der Waals surface area contributed by atoms with Crippen molar-refractivity contribution in [2.75, 3.05) is 18.6 Å². The standard InChI is InChI=1S/C19H23N3O3/c1-5-14-9-10-16(21-20-14)22(4)17(23)12-24-15-8-6-7-13-11-19(2,3)25-18(13)15/h6-10H,5,11-12H2,1-4H3. The molecule has 0 spiro atoms. The van der Waals surface area contributed by atoms with Gasteiger partial charge in [-0.3, -0.25) is 9.69 Å². The summed E-state index contributed by atoms with van der Waals surface area (Å²) in [6.07, 6.45) is 1.64. The molecule has 0 atom stereocenters. The summed E-state index contributed by atoms with van der Waals surface area (Å²) in [6.45, 7) is 5.99. The Bertz CT molecular complexity index is 772. The summed E-state index contributed by atoms with van der Waals surface area (Å²) in [5.74, 6) is 1.63. The Hall–Kier alpha value is -2.63. The Balaban J connectivity index is 1.66. The van der Waals surface area contributed by atoms with Crippen LogP contribution < -0.4 is 14.4 Å². The first kappa shape index (κ1) is 17.2. The lowest BCUT2D eigenvalue weighted by Crippen LogP contribution is -2.32. The van der Waals surface area contributed by atoms with Crippen molar-refractivity contribution in [2.45, 2.75) is 39.2 Å². The molecule has 0 fully saturated rings. The molecule has 1 aliphatic heterocycles. The molecule has 3 rings (SSSR count). The third kappa shape index (κ3) is 3.73. The molecule has 0 N–H and O–H groups in total. The Kier molecular flexibility index (Phi) is 4.61. The number of fused-ring (bicyclic) bond motifs is 1. The maximum atomic E-state index is 12.4. The molecule has 132 valence electrons. The zero-order valence-electron chi connectivity index (χ0n) is 15.1. The minimum atomic E-state index is -0.251. The highest BCUT2D eigenvalue weighted by Crippen LogP contribution is 2.41. The second-order valence-electron chi connectivity index (χ2n) is 6.76. The third-order valence-electron chi connectivity index (χ3n) is 4.19. The average molecular weight is 341 g/mol. The van der Waals surface area contributed by atoms with Gasteiger partial charge in [-0.2, -0.15) is 5.10 Å². The fraction of sp³-hybridized carbons (Fsp3) is 0.421. The lowest BCUT2D eigenvalue weighted by atomic mass is 10.0. The number of para-hydroxylation sites is 1. The second-order valence-corrected chi connectivity index (χ2v) is 6.76. The Morgan fingerprint density at radius 2 is 2.08 bits per heavy atom. The molecule has 0 saturated heterocycles. The van der Waals surface area contributed by atoms with Gasteiger partial charge in [0.05, 0.1) is 5.69 Å². The van der Waals surface area contributed by atoms with Crippen molar-refractivity contribution in [3.05, 3.63) is 41.6 Å². The number of ether oxygens (including phenoxy) is 2. The van der Waals surface area contributed by atoms with Crippen LogP contribution in [0.5, 0.6) is 11.5 Å². The number of aryl methyl sites for hydroxylation is 1. The first-order chi connectivity index (χ1) is 11.9. The number of nitrogens with zero attached hydrogens (tertiary/aromatic N) is 3. The minimum absolute atomic E-state index is 0.0893. The molecule has 1 aliphatic rings. The van der Waals surface area contributed by atoms with Crippen LogP contribution in [0.25, 0.3) is 0 Å². The van der Waals surface area contributed by atoms with E-state index in [9.17, 15) is 4.79 Å². The normalized spacial score (nSPS) is 14.6. The van der Waals surface area contributed by atoms with Crippen LogP contribution in [0, 0.1) is 0 Å². The van der Waals surface area contributed by atoms with Crippen LogP contribution in [0.1, 0.15) is 32.0 Å². The van der Waals surface area contributed by atoms with E-state index in [-0.39, 0.29) is 18.1 Å². The molecule has 25 heavy (non-hydrogen) atoms. The van der Waals surface area contributed by atoms with Crippen molar-refractivity contribution in [3.63, 3.8) is 0 Å². The van der Waals surface area contributed by atoms with Crippen LogP contribution in [0.2, 0.25) is 0 Å². The molecular formula is C19H23N3O3. The molecule has 0 saturated carbocycles. The van der Waals surface area contributed by atoms with Crippen LogP contribution in [-0.4, -0.2) is 35.4 Å². The van der Waals surface area contributed by atoms with Crippen LogP contribution in [-0.2, 0) is 17.6 Å². The van der Waals surface area contributed by atoms with E-state index in [0.717, 1.165) is 29.8 Å². The summed E-state index contributed by atoms with van der Waals surface area (Å²) in [6, 6.07) is 9.42. The highest BCUT2D eigenvalue weighted by molar-refractivity contribution is 5.92. The van der Waals surface area contributed by atoms with E-state index in [2.05, 4.69) is 10.2 Å². The molecular weight excluding hydrogens is 318 g/mol. The molecule has 1 aromatic carbocycles. The van der Waals surface area contributed by atoms with Crippen molar-refractivity contribution >= 4 is 11.7 Å². The van der Waals surface area contributed by atoms with E-state index >= 15 is 0 Å². The lowest BCUT2D eigenvalue weighted by molar-refractivity contribution is -0.120. The predicted molar refractivity (Wildman–Crippen MR) is 95.2 cm³/mol. The number of rotatable bonds is 5. The van der Waals surface area contributed by atoms with E-state index in [0.29, 0.717) is 11.6 Å². The Labute approximate surface area is 147 Å². The Morgan fingerprint density at radius 1 is 1.28 bits per heavy atom. The minimum Gasteiger partial charge on any atom is -0.483 e. The van der Waals surface area contributed by atoms with E-state index in [1.807, 2.05) is 45.0 Å². The van der Waals surface area contributed by atoms with Gasteiger partial charge in [-0.15, -0.1) is 5.10 Å². The van der Waals surface area contributed by atoms with Gasteiger partial charge >= 0.3 is 0 Å². The molecule has 2 heterocycles. The summed E-state index contributed by atoms with van der Waals surface area (Å²) in [7, 11) is 1.66. The number of aromatic nitrogens is 2. The van der Waals surface area contributed by atoms with Crippen molar-refractivity contribution in [1.82, 2.24) is 10.2 Å². The fourth-order valence-electron chi connectivity index (χ4n) is 2.79. The maximum Gasteiger partial charge on any atom is 0.265 e. The van der Waals surface area contributed by atoms with Crippen LogP contribution in [0.4, 0.5) is 5.82 Å². The molecule has 1 amide bonds. The van der Waals surface area contributed by atoms with Gasteiger partial charge in [0.15, 0.2) is 23.9 Å². The number of likely N-dealkylation sites (N-methyl/N-ethyl adjacent to an activating group) is 1. The zero-order valence-corrected chi connectivity index (χ0v) is 15.1. The summed E-state index contributed by atoms with van der Waals surface area (Å²) in [4.78, 5) is 13.8. The second kappa shape index (κ2) is 6.70. The van der Waals surface area contributed by atoms with Gasteiger partial charge in [0.1, 0.15) is 5.60 Å². The van der Waals surface area contributed by atoms with Gasteiger partial charge in [-0.05, 0) is 38.5 Å². The summed E-state index contributed by atoms with van der Waals surface area (Å²) in [5.41, 5.74) is 1.74. The topological polar surface area (TPSA) is 64.6 Å². The van der Waals surface area contributed by atoms with E-state index in [1.54, 1.807) is 13.1 Å². The number of carbonyl (C=O) groups is 1. The van der Waals surface area contributed by atoms with Gasteiger partial charge in [0.25, 0.3) is 5.91 Å². The van der Waals surface area contributed by atoms with Gasteiger partial charge < -0.3 is 9.47 Å². The molecule has 1 aromatic heterocycles. The van der Waals surface area contributed by atoms with Crippen molar-refractivity contribution < 1.29 is 14.3 Å². The van der Waals surface area contributed by atoms with Gasteiger partial charge in [-0.1, -0.05) is 19.1 Å². The van der Waals surface area contributed by atoms with Gasteiger partial charge in [0, 0.05) is 19.0 Å². The highest BCUT2D eigenvalue weighted by Gasteiger charge is 2.32. The zero-order chi connectivity index (χ0) is 18.0. The first-order valence-corrected chi connectivity index (χ1v) is 8.42. The highest BCUT2D eigenvalue weighted by atomic mass is 16.5. The smallest absolute Gasteiger partial charge is 0.265 e. The van der Waals surface area contributed by atoms with E-state index in [1.165, 1.54) is 4.90 Å². The quantitative estimate of drug-likeness (QED) is 0.837. The molecule has 0 bridgehead atoms. The molecule has 0 radical (unpaired) electrons. The molecule has 2 aromatic rings. The summed E-state index contributed by atoms with van der Waals surface area (Å²) >= 11 is 0. The maximum absolute atomic E-state index is 12.4. The summed E-state index contributed by atoms with van der Waals surface area (Å²) in [5, 5.41) is 8.15. The largest absolute Gasteiger partial charge is 0.483 e. The number of benzene rings is 1. The SMILES string of the molecule is CCc1ccc(N(C)C(=O)COc2cccc3c2OC(C)(C)C3)nn1. The number of anilines is 1. The van der Waals surface area contributed by atoms with Gasteiger partial charge in [-0.25, -0.2) is 0 Å². The average Bonchev–Trinajstić information content (AvgIpc) is 2.93. The van der Waals surface area contributed by atoms with E-state index in [4.69, 9.17) is 9.47 Å². The van der Waals surface area contributed by atoms with Crippen molar-refractivity contribution in [2.24, 2.45) is 0 Å². The third-order valence-corrected chi connectivity index (χ3v) is 4.19. The molecule has 0 unspecified atom stereocenters. The van der Waals surface area contributed by atoms with E-state index < -0.39 is 0 Å². The van der Waals surface area contributed by atoms with Crippen LogP contribution in [0.15, 0.2) is 30.3 Å². The number of carbonyl (C=O) groups excluding carboxylic acids is 1. The monoisotopic (exact) mass is 341 g/mol. The van der Waals surface area contributed by atoms with Crippen molar-refractivity contribution in [1.29, 1.82) is 0 Å². The number of hydrogen-bond donors (Lipinski definition) is 0. The van der Waals surface area contributed by atoms with Crippen LogP contribution in [0.3, 0.4) is 0 Å². The fourth-order valence-corrected chi connectivity index (χ4v) is 2.79. The lowest BCUT2D eigenvalue weighted by Gasteiger charge is -2.19. The Morgan fingerprint density at radius 3 is 2.76 bits per heavy atom. The van der Waals surface area contributed by atoms with Crippen molar-refractivity contribution in [3.8, 4) is 11.5 Å². The number of amides is 1. The molecule has 0 aliphatic carbocycles. The number of hydrogen-bond acceptors (Lipinski definition) is 5. The molecule has 6 heteroatoms. The predicted octanol–water partition coefficient (Wildman–Crippen LogP) is 2.79. The first-order valence-electron chi connectivity index (χ1n) is 8.42. The molecule has 6 nitrogen and oxygen atoms in total. The van der Waals surface area contributed by atoms with Crippen LogP contribution >= 0.6 is 0 Å². The summed E-state index contributed by atoms with van der Waals surface area (Å²) < 4.78 is 11.7. The van der Waals surface area contributed by atoms with Gasteiger partial charge in [0.2, 0.25) is 0 Å².